The van der Waals surface area contributed by atoms with Crippen LogP contribution >= 0.6 is 0 Å². The molecule has 6 heteroatoms. The molecule has 21 heavy (non-hydrogen) atoms. The predicted molar refractivity (Wildman–Crippen MR) is 76.5 cm³/mol. The molecule has 0 bridgehead atoms. The van der Waals surface area contributed by atoms with Gasteiger partial charge in [-0.1, -0.05) is 12.1 Å². The van der Waals surface area contributed by atoms with Crippen molar-refractivity contribution in [1.29, 1.82) is 0 Å². The maximum atomic E-state index is 11.6. The number of ether oxygens (including phenoxy) is 2. The molecular weight excluding hydrogens is 270 g/mol. The van der Waals surface area contributed by atoms with Crippen LogP contribution in [-0.4, -0.2) is 28.0 Å². The summed E-state index contributed by atoms with van der Waals surface area (Å²) in [7, 11) is 1.32. The standard InChI is InChI=1S/C15H13N3O3/c1-9-12(7-8-16-13(9)14(19)20-2)21-15-17-10-5-3-4-6-11(10)18-15/h3-8H,1-2H3,(H,17,18). The van der Waals surface area contributed by atoms with Gasteiger partial charge in [-0.3, -0.25) is 0 Å². The highest BCUT2D eigenvalue weighted by atomic mass is 16.5. The number of fused-ring (bicyclic) bond motifs is 1. The minimum Gasteiger partial charge on any atom is -0.464 e. The molecular formula is C15H13N3O3. The van der Waals surface area contributed by atoms with Crippen LogP contribution in [0, 0.1) is 6.92 Å². The first-order chi connectivity index (χ1) is 10.2. The number of benzene rings is 1. The monoisotopic (exact) mass is 283 g/mol. The van der Waals surface area contributed by atoms with Gasteiger partial charge in [-0.05, 0) is 25.1 Å². The third-order valence-corrected chi connectivity index (χ3v) is 3.11. The molecule has 0 aliphatic carbocycles. The van der Waals surface area contributed by atoms with Crippen LogP contribution in [0.5, 0.6) is 11.8 Å². The fourth-order valence-electron chi connectivity index (χ4n) is 2.01. The quantitative estimate of drug-likeness (QED) is 0.748. The molecule has 0 spiro atoms. The average Bonchev–Trinajstić information content (AvgIpc) is 2.91. The number of carbonyl (C=O) groups excluding carboxylic acids is 1. The number of nitrogens with one attached hydrogen (secondary N) is 1. The molecule has 0 aliphatic heterocycles. The van der Waals surface area contributed by atoms with Crippen LogP contribution in [0.25, 0.3) is 11.0 Å². The number of pyridine rings is 1. The van der Waals surface area contributed by atoms with Gasteiger partial charge in [0.05, 0.1) is 18.1 Å². The number of rotatable bonds is 3. The molecule has 2 aromatic heterocycles. The van der Waals surface area contributed by atoms with E-state index in [1.807, 2.05) is 24.3 Å². The zero-order valence-electron chi connectivity index (χ0n) is 11.6. The van der Waals surface area contributed by atoms with Crippen molar-refractivity contribution >= 4 is 17.0 Å². The van der Waals surface area contributed by atoms with Crippen molar-refractivity contribution in [2.75, 3.05) is 7.11 Å². The zero-order valence-corrected chi connectivity index (χ0v) is 11.6. The molecule has 0 atom stereocenters. The SMILES string of the molecule is COC(=O)c1nccc(Oc2nc3ccccc3[nH]2)c1C. The number of esters is 1. The van der Waals surface area contributed by atoms with Crippen LogP contribution in [-0.2, 0) is 4.74 Å². The Hall–Kier alpha value is -2.89. The lowest BCUT2D eigenvalue weighted by Crippen LogP contribution is -2.07. The van der Waals surface area contributed by atoms with Crippen LogP contribution in [0.4, 0.5) is 0 Å². The molecule has 1 aromatic carbocycles. The first-order valence-corrected chi connectivity index (χ1v) is 6.35. The average molecular weight is 283 g/mol. The summed E-state index contributed by atoms with van der Waals surface area (Å²) in [5, 5.41) is 0. The number of aromatic nitrogens is 3. The zero-order chi connectivity index (χ0) is 14.8. The molecule has 106 valence electrons. The van der Waals surface area contributed by atoms with E-state index in [1.54, 1.807) is 13.0 Å². The van der Waals surface area contributed by atoms with Crippen LogP contribution in [0.1, 0.15) is 16.1 Å². The number of hydrogen-bond donors (Lipinski definition) is 1. The summed E-state index contributed by atoms with van der Waals surface area (Å²) in [5.41, 5.74) is 2.52. The van der Waals surface area contributed by atoms with Crippen molar-refractivity contribution in [1.82, 2.24) is 15.0 Å². The molecule has 3 rings (SSSR count). The number of imidazole rings is 1. The molecule has 0 amide bonds. The molecule has 6 nitrogen and oxygen atoms in total. The minimum atomic E-state index is -0.498. The lowest BCUT2D eigenvalue weighted by molar-refractivity contribution is 0.0592. The highest BCUT2D eigenvalue weighted by Gasteiger charge is 2.15. The topological polar surface area (TPSA) is 77.1 Å². The van der Waals surface area contributed by atoms with E-state index in [9.17, 15) is 4.79 Å². The second kappa shape index (κ2) is 5.24. The Morgan fingerprint density at radius 2 is 2.05 bits per heavy atom. The second-order valence-electron chi connectivity index (χ2n) is 4.44. The lowest BCUT2D eigenvalue weighted by Gasteiger charge is -2.08. The largest absolute Gasteiger partial charge is 0.464 e. The van der Waals surface area contributed by atoms with Crippen LogP contribution in [0.15, 0.2) is 36.5 Å². The molecule has 0 saturated carbocycles. The van der Waals surface area contributed by atoms with E-state index < -0.39 is 5.97 Å². The number of nitrogens with zero attached hydrogens (tertiary/aromatic N) is 2. The number of methoxy groups -OCH3 is 1. The van der Waals surface area contributed by atoms with Crippen molar-refractivity contribution in [3.8, 4) is 11.8 Å². The Balaban J connectivity index is 1.96. The maximum Gasteiger partial charge on any atom is 0.357 e. The van der Waals surface area contributed by atoms with Gasteiger partial charge in [0.2, 0.25) is 0 Å². The van der Waals surface area contributed by atoms with Crippen molar-refractivity contribution in [3.05, 3.63) is 47.8 Å². The number of H-pyrrole nitrogens is 1. The summed E-state index contributed by atoms with van der Waals surface area (Å²) in [4.78, 5) is 23.0. The first-order valence-electron chi connectivity index (χ1n) is 6.35. The van der Waals surface area contributed by atoms with Crippen molar-refractivity contribution in [3.63, 3.8) is 0 Å². The predicted octanol–water partition coefficient (Wildman–Crippen LogP) is 2.85. The molecule has 0 fully saturated rings. The van der Waals surface area contributed by atoms with Crippen molar-refractivity contribution in [2.45, 2.75) is 6.92 Å². The van der Waals surface area contributed by atoms with E-state index in [1.165, 1.54) is 13.3 Å². The number of aromatic amines is 1. The maximum absolute atomic E-state index is 11.6. The normalized spacial score (nSPS) is 10.6. The summed E-state index contributed by atoms with van der Waals surface area (Å²) >= 11 is 0. The van der Waals surface area contributed by atoms with E-state index in [0.29, 0.717) is 17.3 Å². The Morgan fingerprint density at radius 3 is 2.81 bits per heavy atom. The Kier molecular flexibility index (Phi) is 3.27. The summed E-state index contributed by atoms with van der Waals surface area (Å²) in [6.07, 6.45) is 1.50. The van der Waals surface area contributed by atoms with E-state index in [0.717, 1.165) is 11.0 Å². The van der Waals surface area contributed by atoms with Crippen molar-refractivity contribution in [2.24, 2.45) is 0 Å². The molecule has 3 aromatic rings. The number of carbonyl (C=O) groups is 1. The van der Waals surface area contributed by atoms with E-state index in [2.05, 4.69) is 19.7 Å². The van der Waals surface area contributed by atoms with Gasteiger partial charge in [-0.2, -0.15) is 4.98 Å². The third-order valence-electron chi connectivity index (χ3n) is 3.11. The van der Waals surface area contributed by atoms with Crippen LogP contribution in [0.3, 0.4) is 0 Å². The van der Waals surface area contributed by atoms with E-state index in [-0.39, 0.29) is 5.69 Å². The molecule has 0 aliphatic rings. The highest BCUT2D eigenvalue weighted by molar-refractivity contribution is 5.89. The second-order valence-corrected chi connectivity index (χ2v) is 4.44. The first kappa shape index (κ1) is 13.1. The summed E-state index contributed by atoms with van der Waals surface area (Å²) in [6.45, 7) is 1.75. The van der Waals surface area contributed by atoms with Gasteiger partial charge in [-0.15, -0.1) is 0 Å². The van der Waals surface area contributed by atoms with Crippen LogP contribution < -0.4 is 4.74 Å². The Labute approximate surface area is 120 Å². The van der Waals surface area contributed by atoms with Gasteiger partial charge in [0, 0.05) is 11.8 Å². The molecule has 0 radical (unpaired) electrons. The summed E-state index contributed by atoms with van der Waals surface area (Å²) in [5.74, 6) is 0.00649. The van der Waals surface area contributed by atoms with Gasteiger partial charge >= 0.3 is 5.97 Å². The third kappa shape index (κ3) is 2.43. The Morgan fingerprint density at radius 1 is 1.24 bits per heavy atom. The van der Waals surface area contributed by atoms with Gasteiger partial charge in [0.25, 0.3) is 6.01 Å². The molecule has 0 unspecified atom stereocenters. The fraction of sp³-hybridized carbons (Fsp3) is 0.133. The highest BCUT2D eigenvalue weighted by Crippen LogP contribution is 2.26. The number of hydrogen-bond acceptors (Lipinski definition) is 5. The van der Waals surface area contributed by atoms with Gasteiger partial charge in [0.15, 0.2) is 5.69 Å². The molecule has 1 N–H and O–H groups in total. The van der Waals surface area contributed by atoms with E-state index in [4.69, 9.17) is 4.74 Å². The van der Waals surface area contributed by atoms with Crippen molar-refractivity contribution < 1.29 is 14.3 Å². The Bertz CT molecular complexity index is 778. The fourth-order valence-corrected chi connectivity index (χ4v) is 2.01. The number of para-hydroxylation sites is 2. The van der Waals surface area contributed by atoms with Gasteiger partial charge in [0.1, 0.15) is 5.75 Å². The summed E-state index contributed by atoms with van der Waals surface area (Å²) < 4.78 is 10.4. The smallest absolute Gasteiger partial charge is 0.357 e. The van der Waals surface area contributed by atoms with Gasteiger partial charge < -0.3 is 14.5 Å². The van der Waals surface area contributed by atoms with Gasteiger partial charge in [-0.25, -0.2) is 9.78 Å². The summed E-state index contributed by atoms with van der Waals surface area (Å²) in [6, 6.07) is 9.65. The lowest BCUT2D eigenvalue weighted by atomic mass is 10.2. The van der Waals surface area contributed by atoms with Crippen LogP contribution in [0.2, 0.25) is 0 Å². The molecule has 2 heterocycles. The molecule has 0 saturated heterocycles. The minimum absolute atomic E-state index is 0.228. The van der Waals surface area contributed by atoms with E-state index >= 15 is 0 Å².